The standard InChI is InChI=1S/C22H25F2N5O.H2/c1-15-7-19(12-20(8-15)28-5-3-16(4-6-28)13-30-2)26-22-25-14-29(27-22)21-10-17(23)9-18(24)11-21;/h7-12,14,16H,3-6,13H2,1-2H3,(H,26,27);1H. The van der Waals surface area contributed by atoms with E-state index in [1.807, 2.05) is 13.0 Å². The molecule has 1 aliphatic rings. The fourth-order valence-corrected chi connectivity index (χ4v) is 3.86. The smallest absolute Gasteiger partial charge is 0.246 e. The summed E-state index contributed by atoms with van der Waals surface area (Å²) in [5.41, 5.74) is 3.42. The second kappa shape index (κ2) is 8.79. The molecule has 1 aromatic heterocycles. The number of hydrogen-bond acceptors (Lipinski definition) is 5. The summed E-state index contributed by atoms with van der Waals surface area (Å²) in [4.78, 5) is 6.60. The Bertz CT molecular complexity index is 1000. The van der Waals surface area contributed by atoms with Crippen molar-refractivity contribution in [3.05, 3.63) is 59.9 Å². The third-order valence-electron chi connectivity index (χ3n) is 5.30. The lowest BCUT2D eigenvalue weighted by Crippen LogP contribution is -2.35. The number of rotatable bonds is 6. The van der Waals surface area contributed by atoms with Crippen LogP contribution >= 0.6 is 0 Å². The minimum absolute atomic E-state index is 0. The van der Waals surface area contributed by atoms with Gasteiger partial charge in [-0.25, -0.2) is 13.5 Å². The third-order valence-corrected chi connectivity index (χ3v) is 5.30. The monoisotopic (exact) mass is 415 g/mol. The molecule has 1 fully saturated rings. The van der Waals surface area contributed by atoms with Gasteiger partial charge in [-0.05, 0) is 61.6 Å². The van der Waals surface area contributed by atoms with Crippen LogP contribution in [0.1, 0.15) is 19.8 Å². The number of piperidine rings is 1. The molecule has 0 unspecified atom stereocenters. The van der Waals surface area contributed by atoms with Crippen LogP contribution in [-0.4, -0.2) is 41.6 Å². The molecule has 1 N–H and O–H groups in total. The summed E-state index contributed by atoms with van der Waals surface area (Å²) in [5.74, 6) is -0.343. The second-order valence-corrected chi connectivity index (χ2v) is 7.71. The number of aryl methyl sites for hydroxylation is 1. The van der Waals surface area contributed by atoms with Crippen molar-refractivity contribution in [2.45, 2.75) is 19.8 Å². The van der Waals surface area contributed by atoms with Gasteiger partial charge in [0, 0.05) is 45.7 Å². The van der Waals surface area contributed by atoms with Crippen molar-refractivity contribution in [3.63, 3.8) is 0 Å². The van der Waals surface area contributed by atoms with Crippen molar-refractivity contribution in [3.8, 4) is 5.69 Å². The van der Waals surface area contributed by atoms with Crippen molar-refractivity contribution in [2.24, 2.45) is 5.92 Å². The molecule has 0 radical (unpaired) electrons. The zero-order valence-electron chi connectivity index (χ0n) is 17.1. The fraction of sp³-hybridized carbons (Fsp3) is 0.364. The van der Waals surface area contributed by atoms with Crippen LogP contribution in [0, 0.1) is 24.5 Å². The predicted octanol–water partition coefficient (Wildman–Crippen LogP) is 4.71. The summed E-state index contributed by atoms with van der Waals surface area (Å²) in [7, 11) is 1.75. The van der Waals surface area contributed by atoms with Crippen LogP contribution in [-0.2, 0) is 4.74 Å². The van der Waals surface area contributed by atoms with E-state index < -0.39 is 11.6 Å². The normalized spacial score (nSPS) is 14.9. The molecular formula is C22H27F2N5O. The Morgan fingerprint density at radius 2 is 1.80 bits per heavy atom. The Labute approximate surface area is 176 Å². The lowest BCUT2D eigenvalue weighted by Gasteiger charge is -2.33. The Balaban J connectivity index is 0.00000272. The number of nitrogens with one attached hydrogen (secondary N) is 1. The van der Waals surface area contributed by atoms with Gasteiger partial charge in [0.05, 0.1) is 5.69 Å². The van der Waals surface area contributed by atoms with E-state index in [0.29, 0.717) is 11.9 Å². The summed E-state index contributed by atoms with van der Waals surface area (Å²) in [6, 6.07) is 9.50. The summed E-state index contributed by atoms with van der Waals surface area (Å²) >= 11 is 0. The molecule has 2 aromatic carbocycles. The first-order valence-electron chi connectivity index (χ1n) is 10.0. The molecule has 160 valence electrons. The van der Waals surface area contributed by atoms with Gasteiger partial charge in [-0.15, -0.1) is 5.10 Å². The zero-order valence-corrected chi connectivity index (χ0v) is 17.1. The molecule has 4 rings (SSSR count). The number of methoxy groups -OCH3 is 1. The number of nitrogens with zero attached hydrogens (tertiary/aromatic N) is 4. The molecule has 0 bridgehead atoms. The Kier molecular flexibility index (Phi) is 5.94. The van der Waals surface area contributed by atoms with E-state index in [2.05, 4.69) is 32.4 Å². The van der Waals surface area contributed by atoms with Crippen LogP contribution in [0.25, 0.3) is 5.69 Å². The molecule has 0 amide bonds. The van der Waals surface area contributed by atoms with Gasteiger partial charge >= 0.3 is 0 Å². The number of aromatic nitrogens is 3. The average Bonchev–Trinajstić information content (AvgIpc) is 3.16. The van der Waals surface area contributed by atoms with Gasteiger partial charge in [-0.3, -0.25) is 0 Å². The maximum atomic E-state index is 13.5. The van der Waals surface area contributed by atoms with E-state index in [4.69, 9.17) is 4.74 Å². The van der Waals surface area contributed by atoms with Gasteiger partial charge in [0.2, 0.25) is 5.95 Å². The minimum atomic E-state index is -0.660. The van der Waals surface area contributed by atoms with Gasteiger partial charge in [-0.2, -0.15) is 4.98 Å². The van der Waals surface area contributed by atoms with E-state index in [9.17, 15) is 8.78 Å². The lowest BCUT2D eigenvalue weighted by molar-refractivity contribution is 0.139. The maximum Gasteiger partial charge on any atom is 0.246 e. The largest absolute Gasteiger partial charge is 0.384 e. The maximum absolute atomic E-state index is 13.5. The molecule has 1 aliphatic heterocycles. The number of anilines is 3. The molecule has 2 heterocycles. The van der Waals surface area contributed by atoms with Crippen molar-refractivity contribution in [1.29, 1.82) is 0 Å². The Morgan fingerprint density at radius 1 is 1.07 bits per heavy atom. The zero-order chi connectivity index (χ0) is 21.1. The van der Waals surface area contributed by atoms with Crippen LogP contribution in [0.5, 0.6) is 0 Å². The van der Waals surface area contributed by atoms with Gasteiger partial charge in [-0.1, -0.05) is 0 Å². The summed E-state index contributed by atoms with van der Waals surface area (Å²) in [5, 5.41) is 7.49. The number of benzene rings is 2. The van der Waals surface area contributed by atoms with Gasteiger partial charge in [0.15, 0.2) is 0 Å². The van der Waals surface area contributed by atoms with Crippen LogP contribution in [0.15, 0.2) is 42.7 Å². The summed E-state index contributed by atoms with van der Waals surface area (Å²) in [6.07, 6.45) is 3.65. The predicted molar refractivity (Wildman–Crippen MR) is 115 cm³/mol. The molecule has 0 spiro atoms. The lowest BCUT2D eigenvalue weighted by atomic mass is 9.97. The minimum Gasteiger partial charge on any atom is -0.384 e. The van der Waals surface area contributed by atoms with E-state index in [1.165, 1.54) is 23.1 Å². The van der Waals surface area contributed by atoms with E-state index >= 15 is 0 Å². The van der Waals surface area contributed by atoms with Gasteiger partial charge in [0.25, 0.3) is 0 Å². The molecular weight excluding hydrogens is 388 g/mol. The van der Waals surface area contributed by atoms with E-state index in [0.717, 1.165) is 55.5 Å². The molecule has 30 heavy (non-hydrogen) atoms. The first-order chi connectivity index (χ1) is 14.5. The highest BCUT2D eigenvalue weighted by atomic mass is 19.1. The molecule has 3 aromatic rings. The number of hydrogen-bond donors (Lipinski definition) is 1. The van der Waals surface area contributed by atoms with Crippen LogP contribution < -0.4 is 10.2 Å². The van der Waals surface area contributed by atoms with Crippen molar-refractivity contribution >= 4 is 17.3 Å². The summed E-state index contributed by atoms with van der Waals surface area (Å²) in [6.45, 7) is 4.86. The third kappa shape index (κ3) is 4.76. The Morgan fingerprint density at radius 3 is 2.50 bits per heavy atom. The van der Waals surface area contributed by atoms with Crippen molar-refractivity contribution < 1.29 is 14.9 Å². The quantitative estimate of drug-likeness (QED) is 0.632. The molecule has 0 saturated carbocycles. The van der Waals surface area contributed by atoms with Crippen LogP contribution in [0.4, 0.5) is 26.1 Å². The topological polar surface area (TPSA) is 55.2 Å². The van der Waals surface area contributed by atoms with Gasteiger partial charge in [0.1, 0.15) is 18.0 Å². The van der Waals surface area contributed by atoms with Crippen molar-refractivity contribution in [2.75, 3.05) is 37.0 Å². The first kappa shape index (κ1) is 20.3. The molecule has 0 aliphatic carbocycles. The second-order valence-electron chi connectivity index (χ2n) is 7.71. The molecule has 6 nitrogen and oxygen atoms in total. The Hall–Kier alpha value is -3.00. The van der Waals surface area contributed by atoms with E-state index in [1.54, 1.807) is 7.11 Å². The molecule has 8 heteroatoms. The van der Waals surface area contributed by atoms with Crippen molar-refractivity contribution in [1.82, 2.24) is 14.8 Å². The number of halogens is 2. The highest BCUT2D eigenvalue weighted by Gasteiger charge is 2.20. The highest BCUT2D eigenvalue weighted by molar-refractivity contribution is 5.64. The molecule has 0 atom stereocenters. The van der Waals surface area contributed by atoms with Gasteiger partial charge < -0.3 is 15.0 Å². The molecule has 1 saturated heterocycles. The fourth-order valence-electron chi connectivity index (χ4n) is 3.86. The highest BCUT2D eigenvalue weighted by Crippen LogP contribution is 2.28. The van der Waals surface area contributed by atoms with E-state index in [-0.39, 0.29) is 7.11 Å². The SMILES string of the molecule is COCC1CCN(c2cc(C)cc(Nc3ncn(-c4cc(F)cc(F)c4)n3)c2)CC1.[HH]. The average molecular weight is 415 g/mol. The summed E-state index contributed by atoms with van der Waals surface area (Å²) < 4.78 is 33.6. The van der Waals surface area contributed by atoms with Crippen LogP contribution in [0.3, 0.4) is 0 Å². The number of ether oxygens (including phenoxy) is 1. The first-order valence-corrected chi connectivity index (χ1v) is 10.0. The van der Waals surface area contributed by atoms with Crippen LogP contribution in [0.2, 0.25) is 0 Å².